The number of nitrogens with zero attached hydrogens (tertiary/aromatic N) is 9. The van der Waals surface area contributed by atoms with Gasteiger partial charge in [-0.15, -0.1) is 10.2 Å². The van der Waals surface area contributed by atoms with Crippen molar-refractivity contribution in [3.8, 4) is 12.0 Å². The average molecular weight is 425 g/mol. The van der Waals surface area contributed by atoms with Gasteiger partial charge in [-0.2, -0.15) is 15.0 Å². The van der Waals surface area contributed by atoms with Gasteiger partial charge in [0.15, 0.2) is 5.82 Å². The minimum absolute atomic E-state index is 0.0712. The molecule has 1 amide bonds. The van der Waals surface area contributed by atoms with Crippen molar-refractivity contribution in [3.63, 3.8) is 0 Å². The fraction of sp³-hybridized carbons (Fsp3) is 0.450. The van der Waals surface area contributed by atoms with Crippen molar-refractivity contribution in [3.05, 3.63) is 41.8 Å². The molecule has 164 valence electrons. The molecule has 11 heteroatoms. The number of azo groups is 1. The first kappa shape index (κ1) is 23.5. The summed E-state index contributed by atoms with van der Waals surface area (Å²) in [6.07, 6.45) is 6.80. The highest BCUT2D eigenvalue weighted by molar-refractivity contribution is 5.49. The number of hydrogen-bond acceptors (Lipinski definition) is 9. The van der Waals surface area contributed by atoms with Crippen molar-refractivity contribution < 1.29 is 9.90 Å². The van der Waals surface area contributed by atoms with Crippen LogP contribution in [0.5, 0.6) is 0 Å². The number of hydrazine groups is 1. The van der Waals surface area contributed by atoms with E-state index in [0.29, 0.717) is 13.0 Å². The Morgan fingerprint density at radius 2 is 2.06 bits per heavy atom. The lowest BCUT2D eigenvalue weighted by atomic mass is 9.86. The Morgan fingerprint density at radius 1 is 1.39 bits per heavy atom. The monoisotopic (exact) mass is 425 g/mol. The average Bonchev–Trinajstić information content (AvgIpc) is 3.20. The van der Waals surface area contributed by atoms with Gasteiger partial charge in [-0.25, -0.2) is 9.97 Å². The summed E-state index contributed by atoms with van der Waals surface area (Å²) in [5.41, 5.74) is 0.393. The number of rotatable bonds is 10. The topological polar surface area (TPSA) is 136 Å². The molecule has 2 heterocycles. The number of amides is 1. The molecule has 0 aliphatic heterocycles. The summed E-state index contributed by atoms with van der Waals surface area (Å²) in [7, 11) is 1.56. The molecule has 0 fully saturated rings. The predicted octanol–water partition coefficient (Wildman–Crippen LogP) is 3.50. The van der Waals surface area contributed by atoms with Crippen LogP contribution in [0.15, 0.2) is 46.5 Å². The summed E-state index contributed by atoms with van der Waals surface area (Å²) in [6, 6.07) is 3.64. The summed E-state index contributed by atoms with van der Waals surface area (Å²) in [6.45, 7) is 8.32. The normalized spacial score (nSPS) is 12.4. The summed E-state index contributed by atoms with van der Waals surface area (Å²) in [5.74, 6) is 0.109. The van der Waals surface area contributed by atoms with Crippen molar-refractivity contribution in [2.45, 2.75) is 40.5 Å². The van der Waals surface area contributed by atoms with Crippen LogP contribution in [0.25, 0.3) is 5.95 Å². The van der Waals surface area contributed by atoms with Crippen LogP contribution < -0.4 is 0 Å². The Balaban J connectivity index is 2.26. The molecule has 0 radical (unpaired) electrons. The van der Waals surface area contributed by atoms with Gasteiger partial charge in [0, 0.05) is 26.0 Å². The minimum Gasteiger partial charge on any atom is -0.492 e. The maximum atomic E-state index is 11.5. The molecule has 0 unspecified atom stereocenters. The van der Waals surface area contributed by atoms with Crippen LogP contribution >= 0.6 is 0 Å². The van der Waals surface area contributed by atoms with Crippen LogP contribution in [-0.4, -0.2) is 54.9 Å². The summed E-state index contributed by atoms with van der Waals surface area (Å²) in [4.78, 5) is 19.7. The van der Waals surface area contributed by atoms with Gasteiger partial charge < -0.3 is 5.11 Å². The van der Waals surface area contributed by atoms with Crippen LogP contribution in [0.1, 0.15) is 46.1 Å². The number of aliphatic hydroxyl groups is 1. The Kier molecular flexibility index (Phi) is 7.79. The lowest BCUT2D eigenvalue weighted by Crippen LogP contribution is -2.40. The molecule has 0 atom stereocenters. The number of carbonyl (C=O) groups is 1. The van der Waals surface area contributed by atoms with Crippen LogP contribution in [0.4, 0.5) is 5.82 Å². The lowest BCUT2D eigenvalue weighted by molar-refractivity contribution is -0.133. The van der Waals surface area contributed by atoms with Gasteiger partial charge in [-0.3, -0.25) is 14.8 Å². The second kappa shape index (κ2) is 10.3. The summed E-state index contributed by atoms with van der Waals surface area (Å²) in [5, 5.41) is 34.8. The van der Waals surface area contributed by atoms with Gasteiger partial charge in [0.25, 0.3) is 5.95 Å². The molecule has 0 saturated heterocycles. The molecule has 2 rings (SSSR count). The molecule has 31 heavy (non-hydrogen) atoms. The van der Waals surface area contributed by atoms with Crippen LogP contribution in [-0.2, 0) is 4.79 Å². The molecule has 1 N–H and O–H groups in total. The highest BCUT2D eigenvalue weighted by atomic mass is 16.3. The van der Waals surface area contributed by atoms with E-state index in [2.05, 4.69) is 46.1 Å². The maximum absolute atomic E-state index is 11.5. The third-order valence-electron chi connectivity index (χ3n) is 5.01. The van der Waals surface area contributed by atoms with E-state index in [4.69, 9.17) is 0 Å². The highest BCUT2D eigenvalue weighted by Crippen LogP contribution is 2.25. The number of aliphatic hydroxyl groups excluding tert-OH is 1. The Bertz CT molecular complexity index is 990. The van der Waals surface area contributed by atoms with Crippen LogP contribution in [0.2, 0.25) is 0 Å². The first-order chi connectivity index (χ1) is 14.7. The minimum atomic E-state index is -0.245. The van der Waals surface area contributed by atoms with Gasteiger partial charge in [-0.1, -0.05) is 27.2 Å². The first-order valence-electron chi connectivity index (χ1n) is 9.76. The molecule has 0 spiro atoms. The molecular weight excluding hydrogens is 398 g/mol. The van der Waals surface area contributed by atoms with Crippen molar-refractivity contribution in [2.75, 3.05) is 13.6 Å². The number of nitriles is 1. The Morgan fingerprint density at radius 3 is 2.65 bits per heavy atom. The van der Waals surface area contributed by atoms with Gasteiger partial charge in [0.05, 0.1) is 6.20 Å². The van der Waals surface area contributed by atoms with Crippen molar-refractivity contribution >= 4 is 12.2 Å². The predicted molar refractivity (Wildman–Crippen MR) is 113 cm³/mol. The quantitative estimate of drug-likeness (QED) is 0.266. The van der Waals surface area contributed by atoms with E-state index in [1.54, 1.807) is 20.0 Å². The lowest BCUT2D eigenvalue weighted by Gasteiger charge is -2.32. The van der Waals surface area contributed by atoms with E-state index in [0.717, 1.165) is 12.8 Å². The van der Waals surface area contributed by atoms with Crippen molar-refractivity contribution in [2.24, 2.45) is 15.6 Å². The number of hydrogen-bond donors (Lipinski definition) is 1. The second-order valence-corrected chi connectivity index (χ2v) is 7.62. The molecule has 0 aliphatic carbocycles. The molecular formula is C20H27N9O2. The van der Waals surface area contributed by atoms with E-state index in [-0.39, 0.29) is 34.3 Å². The van der Waals surface area contributed by atoms with Gasteiger partial charge in [0.1, 0.15) is 17.3 Å². The largest absolute Gasteiger partial charge is 0.492 e. The zero-order valence-corrected chi connectivity index (χ0v) is 18.4. The van der Waals surface area contributed by atoms with Gasteiger partial charge >= 0.3 is 0 Å². The maximum Gasteiger partial charge on any atom is 0.252 e. The zero-order valence-electron chi connectivity index (χ0n) is 18.4. The molecule has 0 bridgehead atoms. The summed E-state index contributed by atoms with van der Waals surface area (Å²) < 4.78 is 1.28. The van der Waals surface area contributed by atoms with E-state index >= 15 is 0 Å². The SMILES string of the molecule is CCC(C)(C)CCN(C=O)N(C)/C(O)=C(\C)N=Nc1c(C#N)cnn1-c1ncccn1. The Labute approximate surface area is 181 Å². The third-order valence-corrected chi connectivity index (χ3v) is 5.01. The van der Waals surface area contributed by atoms with Crippen molar-refractivity contribution in [1.82, 2.24) is 29.8 Å². The van der Waals surface area contributed by atoms with E-state index in [1.807, 2.05) is 6.07 Å². The van der Waals surface area contributed by atoms with Gasteiger partial charge in [0.2, 0.25) is 12.3 Å². The van der Waals surface area contributed by atoms with Crippen molar-refractivity contribution in [1.29, 1.82) is 5.26 Å². The second-order valence-electron chi connectivity index (χ2n) is 7.62. The molecule has 2 aromatic heterocycles. The van der Waals surface area contributed by atoms with E-state index in [9.17, 15) is 15.2 Å². The smallest absolute Gasteiger partial charge is 0.252 e. The molecule has 0 aliphatic rings. The van der Waals surface area contributed by atoms with Crippen LogP contribution in [0, 0.1) is 16.7 Å². The standard InChI is InChI=1S/C20H27N9O2/c1-6-20(3,4)8-11-28(14-30)27(5)18(31)15(2)25-26-17-16(12-21)13-24-29(17)19-22-9-7-10-23-19/h7,9-10,13-14,31H,6,8,11H2,1-5H3/b18-15-,26-25?. The highest BCUT2D eigenvalue weighted by Gasteiger charge is 2.20. The Hall–Kier alpha value is -3.81. The van der Waals surface area contributed by atoms with E-state index < -0.39 is 0 Å². The summed E-state index contributed by atoms with van der Waals surface area (Å²) >= 11 is 0. The van der Waals surface area contributed by atoms with E-state index in [1.165, 1.54) is 33.3 Å². The van der Waals surface area contributed by atoms with Crippen LogP contribution in [0.3, 0.4) is 0 Å². The number of carbonyl (C=O) groups excluding carboxylic acids is 1. The fourth-order valence-electron chi connectivity index (χ4n) is 2.45. The molecule has 0 aromatic carbocycles. The molecule has 0 saturated carbocycles. The third kappa shape index (κ3) is 5.85. The molecule has 2 aromatic rings. The van der Waals surface area contributed by atoms with Gasteiger partial charge in [-0.05, 0) is 24.8 Å². The zero-order chi connectivity index (χ0) is 23.0. The first-order valence-corrected chi connectivity index (χ1v) is 9.76. The molecule has 11 nitrogen and oxygen atoms in total. The number of aromatic nitrogens is 4. The number of allylic oxidation sites excluding steroid dienone is 1. The fourth-order valence-corrected chi connectivity index (χ4v) is 2.45.